The van der Waals surface area contributed by atoms with E-state index in [1.165, 1.54) is 4.31 Å². The number of nitrogens with zero attached hydrogens (tertiary/aromatic N) is 2. The second-order valence-corrected chi connectivity index (χ2v) is 8.57. The van der Waals surface area contributed by atoms with E-state index in [0.717, 1.165) is 5.56 Å². The van der Waals surface area contributed by atoms with E-state index in [9.17, 15) is 13.2 Å². The van der Waals surface area contributed by atoms with Crippen LogP contribution in [0.5, 0.6) is 5.75 Å². The molecular formula is C21H24N2O4S. The smallest absolute Gasteiger partial charge is 0.253 e. The fourth-order valence-electron chi connectivity index (χ4n) is 3.02. The molecule has 0 unspecified atom stereocenters. The van der Waals surface area contributed by atoms with Crippen LogP contribution in [0.2, 0.25) is 0 Å². The minimum atomic E-state index is -3.54. The number of benzene rings is 2. The predicted octanol–water partition coefficient (Wildman–Crippen LogP) is 2.71. The Hall–Kier alpha value is -2.64. The summed E-state index contributed by atoms with van der Waals surface area (Å²) in [6.07, 6.45) is 1.66. The number of carbonyl (C=O) groups excluding carboxylic acids is 1. The molecule has 2 aromatic carbocycles. The molecule has 0 bridgehead atoms. The molecule has 3 rings (SSSR count). The Bertz CT molecular complexity index is 929. The zero-order chi connectivity index (χ0) is 20.1. The maximum absolute atomic E-state index is 12.8. The Kier molecular flexibility index (Phi) is 6.16. The highest BCUT2D eigenvalue weighted by Crippen LogP contribution is 2.20. The predicted molar refractivity (Wildman–Crippen MR) is 108 cm³/mol. The third-order valence-corrected chi connectivity index (χ3v) is 6.57. The number of piperazine rings is 1. The SMILES string of the molecule is C=CCOc1ccc(C(=O)N2CCN(S(=O)(=O)c3ccc(C)cc3)CC2)cc1. The maximum Gasteiger partial charge on any atom is 0.253 e. The molecular weight excluding hydrogens is 376 g/mol. The molecule has 0 spiro atoms. The molecule has 0 aromatic heterocycles. The largest absolute Gasteiger partial charge is 0.490 e. The Balaban J connectivity index is 1.62. The third-order valence-electron chi connectivity index (χ3n) is 4.65. The van der Waals surface area contributed by atoms with Crippen molar-refractivity contribution in [2.75, 3.05) is 32.8 Å². The molecule has 1 amide bonds. The van der Waals surface area contributed by atoms with Crippen LogP contribution in [0, 0.1) is 6.92 Å². The van der Waals surface area contributed by atoms with Gasteiger partial charge in [-0.05, 0) is 43.3 Å². The topological polar surface area (TPSA) is 66.9 Å². The van der Waals surface area contributed by atoms with E-state index < -0.39 is 10.0 Å². The number of aryl methyl sites for hydroxylation is 1. The van der Waals surface area contributed by atoms with Crippen LogP contribution in [0.15, 0.2) is 66.1 Å². The molecule has 148 valence electrons. The lowest BCUT2D eigenvalue weighted by atomic mass is 10.2. The molecule has 1 saturated heterocycles. The molecule has 7 heteroatoms. The van der Waals surface area contributed by atoms with Gasteiger partial charge in [-0.2, -0.15) is 4.31 Å². The van der Waals surface area contributed by atoms with Gasteiger partial charge in [0.15, 0.2) is 0 Å². The summed E-state index contributed by atoms with van der Waals surface area (Å²) < 4.78 is 32.4. The van der Waals surface area contributed by atoms with Crippen LogP contribution in [0.4, 0.5) is 0 Å². The van der Waals surface area contributed by atoms with E-state index >= 15 is 0 Å². The molecule has 28 heavy (non-hydrogen) atoms. The van der Waals surface area contributed by atoms with Crippen molar-refractivity contribution in [2.45, 2.75) is 11.8 Å². The Labute approximate surface area is 166 Å². The Morgan fingerprint density at radius 1 is 1.04 bits per heavy atom. The fraction of sp³-hybridized carbons (Fsp3) is 0.286. The van der Waals surface area contributed by atoms with Crippen molar-refractivity contribution in [3.05, 3.63) is 72.3 Å². The molecule has 0 atom stereocenters. The summed E-state index contributed by atoms with van der Waals surface area (Å²) in [5.41, 5.74) is 1.57. The number of rotatable bonds is 6. The van der Waals surface area contributed by atoms with Crippen molar-refractivity contribution < 1.29 is 17.9 Å². The summed E-state index contributed by atoms with van der Waals surface area (Å²) in [7, 11) is -3.54. The zero-order valence-electron chi connectivity index (χ0n) is 15.9. The zero-order valence-corrected chi connectivity index (χ0v) is 16.7. The van der Waals surface area contributed by atoms with E-state index in [-0.39, 0.29) is 23.9 Å². The van der Waals surface area contributed by atoms with Gasteiger partial charge in [0.1, 0.15) is 12.4 Å². The number of carbonyl (C=O) groups is 1. The quantitative estimate of drug-likeness (QED) is 0.700. The summed E-state index contributed by atoms with van der Waals surface area (Å²) in [6, 6.07) is 13.7. The normalized spacial score (nSPS) is 15.2. The van der Waals surface area contributed by atoms with E-state index in [0.29, 0.717) is 31.0 Å². The molecule has 1 aliphatic rings. The van der Waals surface area contributed by atoms with Crippen LogP contribution in [0.3, 0.4) is 0 Å². The van der Waals surface area contributed by atoms with Crippen LogP contribution in [-0.2, 0) is 10.0 Å². The van der Waals surface area contributed by atoms with Crippen molar-refractivity contribution in [1.29, 1.82) is 0 Å². The number of ether oxygens (including phenoxy) is 1. The molecule has 1 heterocycles. The average Bonchev–Trinajstić information content (AvgIpc) is 2.72. The standard InChI is InChI=1S/C21H24N2O4S/c1-3-16-27-19-8-6-18(7-9-19)21(24)22-12-14-23(15-13-22)28(25,26)20-10-4-17(2)5-11-20/h3-11H,1,12-16H2,2H3. The molecule has 1 aliphatic heterocycles. The molecule has 2 aromatic rings. The van der Waals surface area contributed by atoms with Gasteiger partial charge in [-0.1, -0.05) is 30.4 Å². The molecule has 0 N–H and O–H groups in total. The van der Waals surface area contributed by atoms with E-state index in [1.54, 1.807) is 59.5 Å². The van der Waals surface area contributed by atoms with Gasteiger partial charge in [-0.15, -0.1) is 0 Å². The van der Waals surface area contributed by atoms with Crippen molar-refractivity contribution in [3.63, 3.8) is 0 Å². The fourth-order valence-corrected chi connectivity index (χ4v) is 4.44. The summed E-state index contributed by atoms with van der Waals surface area (Å²) in [4.78, 5) is 14.7. The third kappa shape index (κ3) is 4.43. The molecule has 6 nitrogen and oxygen atoms in total. The van der Waals surface area contributed by atoms with Crippen molar-refractivity contribution in [3.8, 4) is 5.75 Å². The average molecular weight is 401 g/mol. The van der Waals surface area contributed by atoms with Crippen molar-refractivity contribution >= 4 is 15.9 Å². The highest BCUT2D eigenvalue weighted by molar-refractivity contribution is 7.89. The minimum Gasteiger partial charge on any atom is -0.490 e. The summed E-state index contributed by atoms with van der Waals surface area (Å²) in [5, 5.41) is 0. The summed E-state index contributed by atoms with van der Waals surface area (Å²) in [6.45, 7) is 7.20. The molecule has 1 fully saturated rings. The summed E-state index contributed by atoms with van der Waals surface area (Å²) >= 11 is 0. The first kappa shape index (κ1) is 20.1. The maximum atomic E-state index is 12.8. The number of sulfonamides is 1. The van der Waals surface area contributed by atoms with Crippen molar-refractivity contribution in [1.82, 2.24) is 9.21 Å². The highest BCUT2D eigenvalue weighted by Gasteiger charge is 2.30. The lowest BCUT2D eigenvalue weighted by Gasteiger charge is -2.34. The van der Waals surface area contributed by atoms with E-state index in [2.05, 4.69) is 6.58 Å². The van der Waals surface area contributed by atoms with Crippen LogP contribution >= 0.6 is 0 Å². The highest BCUT2D eigenvalue weighted by atomic mass is 32.2. The van der Waals surface area contributed by atoms with Gasteiger partial charge >= 0.3 is 0 Å². The molecule has 0 saturated carbocycles. The van der Waals surface area contributed by atoms with E-state index in [4.69, 9.17) is 4.74 Å². The van der Waals surface area contributed by atoms with Gasteiger partial charge in [0.25, 0.3) is 5.91 Å². The Morgan fingerprint density at radius 3 is 2.21 bits per heavy atom. The van der Waals surface area contributed by atoms with Crippen LogP contribution < -0.4 is 4.74 Å². The van der Waals surface area contributed by atoms with Gasteiger partial charge in [0.2, 0.25) is 10.0 Å². The van der Waals surface area contributed by atoms with Crippen LogP contribution in [0.25, 0.3) is 0 Å². The number of amides is 1. The molecule has 0 radical (unpaired) electrons. The van der Waals surface area contributed by atoms with Gasteiger partial charge in [-0.25, -0.2) is 8.42 Å². The minimum absolute atomic E-state index is 0.109. The van der Waals surface area contributed by atoms with Crippen LogP contribution in [0.1, 0.15) is 15.9 Å². The second-order valence-electron chi connectivity index (χ2n) is 6.63. The Morgan fingerprint density at radius 2 is 1.64 bits per heavy atom. The van der Waals surface area contributed by atoms with Gasteiger partial charge in [-0.3, -0.25) is 4.79 Å². The van der Waals surface area contributed by atoms with Gasteiger partial charge in [0, 0.05) is 31.7 Å². The second kappa shape index (κ2) is 8.58. The first-order valence-electron chi connectivity index (χ1n) is 9.11. The van der Waals surface area contributed by atoms with E-state index in [1.807, 2.05) is 6.92 Å². The summed E-state index contributed by atoms with van der Waals surface area (Å²) in [5.74, 6) is 0.563. The molecule has 0 aliphatic carbocycles. The van der Waals surface area contributed by atoms with Crippen molar-refractivity contribution in [2.24, 2.45) is 0 Å². The van der Waals surface area contributed by atoms with Gasteiger partial charge in [0.05, 0.1) is 4.90 Å². The number of hydrogen-bond donors (Lipinski definition) is 0. The lowest BCUT2D eigenvalue weighted by Crippen LogP contribution is -2.50. The first-order valence-corrected chi connectivity index (χ1v) is 10.6. The first-order chi connectivity index (χ1) is 13.4. The van der Waals surface area contributed by atoms with Crippen LogP contribution in [-0.4, -0.2) is 56.3 Å². The lowest BCUT2D eigenvalue weighted by molar-refractivity contribution is 0.0698. The van der Waals surface area contributed by atoms with Gasteiger partial charge < -0.3 is 9.64 Å². The monoisotopic (exact) mass is 400 g/mol. The number of hydrogen-bond acceptors (Lipinski definition) is 4.